The smallest absolute Gasteiger partial charge is 0.338 e. The minimum absolute atomic E-state index is 0.190. The van der Waals surface area contributed by atoms with Crippen LogP contribution in [0.5, 0.6) is 11.5 Å². The van der Waals surface area contributed by atoms with E-state index in [0.717, 1.165) is 0 Å². The Morgan fingerprint density at radius 2 is 2.06 bits per heavy atom. The number of thiazole rings is 1. The second-order valence-corrected chi connectivity index (χ2v) is 8.84. The van der Waals surface area contributed by atoms with Crippen molar-refractivity contribution in [2.24, 2.45) is 4.99 Å². The first-order chi connectivity index (χ1) is 15.9. The summed E-state index contributed by atoms with van der Waals surface area (Å²) in [7, 11) is 3.08. The zero-order valence-corrected chi connectivity index (χ0v) is 20.8. The van der Waals surface area contributed by atoms with Crippen LogP contribution in [-0.2, 0) is 9.53 Å². The number of benzene rings is 1. The largest absolute Gasteiger partial charge is 0.497 e. The molecule has 3 aromatic rings. The Morgan fingerprint density at radius 3 is 2.70 bits per heavy atom. The van der Waals surface area contributed by atoms with Gasteiger partial charge in [0.25, 0.3) is 5.56 Å². The highest BCUT2D eigenvalue weighted by Gasteiger charge is 2.35. The quantitative estimate of drug-likeness (QED) is 0.452. The molecular formula is C23H21BrN2O6S. The molecule has 8 nitrogen and oxygen atoms in total. The number of fused-ring (bicyclic) bond motifs is 1. The number of allylic oxidation sites excluding steroid dienone is 1. The van der Waals surface area contributed by atoms with E-state index < -0.39 is 12.0 Å². The maximum absolute atomic E-state index is 13.6. The Labute approximate surface area is 201 Å². The molecule has 1 aliphatic rings. The van der Waals surface area contributed by atoms with Crippen LogP contribution in [0.15, 0.2) is 60.5 Å². The lowest BCUT2D eigenvalue weighted by molar-refractivity contribution is -0.139. The van der Waals surface area contributed by atoms with Crippen molar-refractivity contribution in [1.29, 1.82) is 0 Å². The van der Waals surface area contributed by atoms with Gasteiger partial charge in [-0.3, -0.25) is 9.36 Å². The maximum Gasteiger partial charge on any atom is 0.338 e. The molecule has 0 bridgehead atoms. The lowest BCUT2D eigenvalue weighted by Crippen LogP contribution is -2.40. The summed E-state index contributed by atoms with van der Waals surface area (Å²) in [5.41, 5.74) is 1.01. The van der Waals surface area contributed by atoms with Crippen molar-refractivity contribution < 1.29 is 23.4 Å². The zero-order chi connectivity index (χ0) is 23.7. The van der Waals surface area contributed by atoms with Crippen LogP contribution in [0.4, 0.5) is 0 Å². The van der Waals surface area contributed by atoms with E-state index in [2.05, 4.69) is 20.9 Å². The standard InChI is InChI=1S/C23H21BrN2O6S/c1-5-31-22(28)19-12(2)25-23-26(20(19)15-10-13(29-3)6-8-16(15)30-4)21(27)17(33-23)11-14-7-9-18(24)32-14/h6-11,20H,5H2,1-4H3/t20-/m0/s1. The highest BCUT2D eigenvalue weighted by molar-refractivity contribution is 9.10. The molecule has 1 atom stereocenters. The van der Waals surface area contributed by atoms with Gasteiger partial charge >= 0.3 is 5.97 Å². The number of furan rings is 1. The topological polar surface area (TPSA) is 92.3 Å². The van der Waals surface area contributed by atoms with E-state index >= 15 is 0 Å². The molecule has 0 radical (unpaired) electrons. The molecule has 172 valence electrons. The third kappa shape index (κ3) is 4.28. The van der Waals surface area contributed by atoms with Crippen LogP contribution in [0.2, 0.25) is 0 Å². The average molecular weight is 533 g/mol. The summed E-state index contributed by atoms with van der Waals surface area (Å²) < 4.78 is 24.3. The molecule has 1 aromatic carbocycles. The Kier molecular flexibility index (Phi) is 6.57. The van der Waals surface area contributed by atoms with Crippen LogP contribution in [0.3, 0.4) is 0 Å². The predicted octanol–water partition coefficient (Wildman–Crippen LogP) is 3.17. The molecule has 0 saturated carbocycles. The normalized spacial score (nSPS) is 15.8. The van der Waals surface area contributed by atoms with Crippen molar-refractivity contribution in [3.63, 3.8) is 0 Å². The summed E-state index contributed by atoms with van der Waals surface area (Å²) in [6.07, 6.45) is 1.65. The van der Waals surface area contributed by atoms with Crippen LogP contribution in [0, 0.1) is 0 Å². The van der Waals surface area contributed by atoms with Gasteiger partial charge in [-0.2, -0.15) is 0 Å². The summed E-state index contributed by atoms with van der Waals surface area (Å²) in [5.74, 6) is 1.04. The fourth-order valence-corrected chi connectivity index (χ4v) is 5.02. The third-order valence-electron chi connectivity index (χ3n) is 5.12. The summed E-state index contributed by atoms with van der Waals surface area (Å²) >= 11 is 4.48. The number of esters is 1. The first-order valence-electron chi connectivity index (χ1n) is 10.0. The molecule has 0 fully saturated rings. The molecule has 1 aliphatic heterocycles. The Balaban J connectivity index is 2.02. The van der Waals surface area contributed by atoms with E-state index in [9.17, 15) is 9.59 Å². The fraction of sp³-hybridized carbons (Fsp3) is 0.261. The monoisotopic (exact) mass is 532 g/mol. The lowest BCUT2D eigenvalue weighted by Gasteiger charge is -2.26. The molecule has 4 rings (SSSR count). The lowest BCUT2D eigenvalue weighted by atomic mass is 9.95. The Bertz CT molecular complexity index is 1430. The van der Waals surface area contributed by atoms with E-state index in [1.165, 1.54) is 23.0 Å². The molecule has 2 aromatic heterocycles. The number of hydrogen-bond donors (Lipinski definition) is 0. The van der Waals surface area contributed by atoms with Gasteiger partial charge in [0.15, 0.2) is 9.47 Å². The van der Waals surface area contributed by atoms with Crippen molar-refractivity contribution in [2.45, 2.75) is 19.9 Å². The Hall–Kier alpha value is -3.11. The number of halogens is 1. The third-order valence-corrected chi connectivity index (χ3v) is 6.52. The van der Waals surface area contributed by atoms with Crippen molar-refractivity contribution in [3.05, 3.63) is 77.3 Å². The second-order valence-electron chi connectivity index (χ2n) is 7.05. The molecule has 3 heterocycles. The molecule has 0 N–H and O–H groups in total. The molecule has 0 amide bonds. The van der Waals surface area contributed by atoms with Crippen molar-refractivity contribution >= 4 is 39.3 Å². The summed E-state index contributed by atoms with van der Waals surface area (Å²) in [6, 6.07) is 7.93. The van der Waals surface area contributed by atoms with Gasteiger partial charge < -0.3 is 18.6 Å². The molecule has 10 heteroatoms. The van der Waals surface area contributed by atoms with Gasteiger partial charge in [0, 0.05) is 11.6 Å². The molecule has 0 unspecified atom stereocenters. The highest BCUT2D eigenvalue weighted by atomic mass is 79.9. The van der Waals surface area contributed by atoms with Gasteiger partial charge in [-0.25, -0.2) is 9.79 Å². The molecule has 0 aliphatic carbocycles. The van der Waals surface area contributed by atoms with Gasteiger partial charge in [-0.15, -0.1) is 0 Å². The van der Waals surface area contributed by atoms with Gasteiger partial charge in [0.2, 0.25) is 0 Å². The second kappa shape index (κ2) is 9.40. The van der Waals surface area contributed by atoms with Crippen LogP contribution in [0.25, 0.3) is 6.08 Å². The van der Waals surface area contributed by atoms with Crippen molar-refractivity contribution in [3.8, 4) is 11.5 Å². The SMILES string of the molecule is CCOC(=O)C1=C(C)N=c2sc(=Cc3ccc(Br)o3)c(=O)n2[C@H]1c1cc(OC)ccc1OC. The number of carbonyl (C=O) groups excluding carboxylic acids is 1. The number of hydrogen-bond acceptors (Lipinski definition) is 8. The van der Waals surface area contributed by atoms with Crippen molar-refractivity contribution in [1.82, 2.24) is 4.57 Å². The molecule has 0 saturated heterocycles. The summed E-state index contributed by atoms with van der Waals surface area (Å²) in [6.45, 7) is 3.65. The number of aromatic nitrogens is 1. The highest BCUT2D eigenvalue weighted by Crippen LogP contribution is 2.37. The van der Waals surface area contributed by atoms with E-state index in [0.29, 0.717) is 42.5 Å². The van der Waals surface area contributed by atoms with Crippen LogP contribution >= 0.6 is 27.3 Å². The van der Waals surface area contributed by atoms with Crippen LogP contribution in [-0.4, -0.2) is 31.4 Å². The van der Waals surface area contributed by atoms with E-state index in [-0.39, 0.29) is 17.7 Å². The average Bonchev–Trinajstić information content (AvgIpc) is 3.34. The fourth-order valence-electron chi connectivity index (χ4n) is 3.67. The predicted molar refractivity (Wildman–Crippen MR) is 126 cm³/mol. The number of carbonyl (C=O) groups is 1. The van der Waals surface area contributed by atoms with E-state index in [1.807, 2.05) is 0 Å². The Morgan fingerprint density at radius 1 is 1.27 bits per heavy atom. The first kappa shape index (κ1) is 23.1. The first-order valence-corrected chi connectivity index (χ1v) is 11.7. The van der Waals surface area contributed by atoms with Gasteiger partial charge in [0.1, 0.15) is 23.3 Å². The zero-order valence-electron chi connectivity index (χ0n) is 18.4. The summed E-state index contributed by atoms with van der Waals surface area (Å²) in [5, 5.41) is 0. The number of methoxy groups -OCH3 is 2. The van der Waals surface area contributed by atoms with Crippen molar-refractivity contribution in [2.75, 3.05) is 20.8 Å². The van der Waals surface area contributed by atoms with Gasteiger partial charge in [0.05, 0.1) is 36.6 Å². The number of nitrogens with zero attached hydrogens (tertiary/aromatic N) is 2. The van der Waals surface area contributed by atoms with Crippen LogP contribution < -0.4 is 24.4 Å². The summed E-state index contributed by atoms with van der Waals surface area (Å²) in [4.78, 5) is 31.6. The van der Waals surface area contributed by atoms with Crippen LogP contribution in [0.1, 0.15) is 31.2 Å². The molecule has 0 spiro atoms. The minimum atomic E-state index is -0.809. The van der Waals surface area contributed by atoms with Gasteiger partial charge in [-0.05, 0) is 60.1 Å². The molecular weight excluding hydrogens is 512 g/mol. The number of rotatable bonds is 6. The van der Waals surface area contributed by atoms with E-state index in [1.54, 1.807) is 57.4 Å². The van der Waals surface area contributed by atoms with Gasteiger partial charge in [-0.1, -0.05) is 11.3 Å². The minimum Gasteiger partial charge on any atom is -0.497 e. The van der Waals surface area contributed by atoms with E-state index in [4.69, 9.17) is 18.6 Å². The number of ether oxygens (including phenoxy) is 3. The maximum atomic E-state index is 13.6. The molecule has 33 heavy (non-hydrogen) atoms.